The fourth-order valence-corrected chi connectivity index (χ4v) is 4.40. The molecule has 1 aliphatic carbocycles. The summed E-state index contributed by atoms with van der Waals surface area (Å²) in [5.74, 6) is 2.89. The molecule has 4 rings (SSSR count). The lowest BCUT2D eigenvalue weighted by molar-refractivity contribution is -0.123. The third-order valence-electron chi connectivity index (χ3n) is 5.73. The second-order valence-electron chi connectivity index (χ2n) is 7.18. The summed E-state index contributed by atoms with van der Waals surface area (Å²) in [6, 6.07) is 13.4. The van der Waals surface area contributed by atoms with Gasteiger partial charge in [-0.25, -0.2) is 0 Å². The highest BCUT2D eigenvalue weighted by Crippen LogP contribution is 2.45. The molecule has 142 valence electrons. The Morgan fingerprint density at radius 1 is 1.11 bits per heavy atom. The first-order valence-electron chi connectivity index (χ1n) is 9.40. The molecule has 2 aromatic rings. The van der Waals surface area contributed by atoms with Gasteiger partial charge in [0.05, 0.1) is 20.3 Å². The van der Waals surface area contributed by atoms with E-state index in [4.69, 9.17) is 14.2 Å². The van der Waals surface area contributed by atoms with Crippen LogP contribution < -0.4 is 19.5 Å². The number of carbonyl (C=O) groups excluding carboxylic acids is 1. The molecule has 3 unspecified atom stereocenters. The summed E-state index contributed by atoms with van der Waals surface area (Å²) in [5, 5.41) is 3.44. The number of rotatable bonds is 6. The molecule has 0 aromatic heterocycles. The Morgan fingerprint density at radius 2 is 1.85 bits per heavy atom. The van der Waals surface area contributed by atoms with Crippen LogP contribution in [0.2, 0.25) is 0 Å². The number of aryl methyl sites for hydroxylation is 1. The van der Waals surface area contributed by atoms with E-state index in [9.17, 15) is 4.79 Å². The Morgan fingerprint density at radius 3 is 2.59 bits per heavy atom. The Bertz CT molecular complexity index is 821. The van der Waals surface area contributed by atoms with E-state index < -0.39 is 0 Å². The minimum Gasteiger partial charge on any atom is -0.493 e. The van der Waals surface area contributed by atoms with E-state index in [-0.39, 0.29) is 24.3 Å². The molecule has 0 radical (unpaired) electrons. The monoisotopic (exact) mass is 367 g/mol. The zero-order valence-corrected chi connectivity index (χ0v) is 15.7. The first-order chi connectivity index (χ1) is 13.2. The molecule has 0 bridgehead atoms. The summed E-state index contributed by atoms with van der Waals surface area (Å²) >= 11 is 0. The molecule has 1 N–H and O–H groups in total. The zero-order chi connectivity index (χ0) is 18.8. The normalized spacial score (nSPS) is 23.3. The van der Waals surface area contributed by atoms with Gasteiger partial charge in [0.1, 0.15) is 12.4 Å². The molecule has 5 nitrogen and oxygen atoms in total. The van der Waals surface area contributed by atoms with Crippen LogP contribution in [-0.2, 0) is 11.2 Å². The molecule has 1 fully saturated rings. The standard InChI is InChI=1S/C22H25NO4/c1-25-19-10-14-8-9-15-12-23-22(21(15)17(14)11-20(19)26-2)18(24)13-27-16-6-4-3-5-7-16/h3-7,10-11,15,21-23H,8-9,12-13H2,1-2H3. The molecule has 2 aliphatic rings. The molecule has 27 heavy (non-hydrogen) atoms. The lowest BCUT2D eigenvalue weighted by Crippen LogP contribution is -2.39. The summed E-state index contributed by atoms with van der Waals surface area (Å²) in [5.41, 5.74) is 2.45. The van der Waals surface area contributed by atoms with E-state index in [1.54, 1.807) is 14.2 Å². The molecule has 1 aliphatic heterocycles. The molecule has 2 aromatic carbocycles. The van der Waals surface area contributed by atoms with Crippen LogP contribution >= 0.6 is 0 Å². The maximum atomic E-state index is 12.9. The third-order valence-corrected chi connectivity index (χ3v) is 5.73. The van der Waals surface area contributed by atoms with E-state index in [2.05, 4.69) is 17.4 Å². The summed E-state index contributed by atoms with van der Waals surface area (Å²) in [6.45, 7) is 0.938. The summed E-state index contributed by atoms with van der Waals surface area (Å²) in [7, 11) is 3.30. The van der Waals surface area contributed by atoms with Gasteiger partial charge in [-0.1, -0.05) is 18.2 Å². The van der Waals surface area contributed by atoms with Crippen molar-refractivity contribution in [2.45, 2.75) is 24.8 Å². The van der Waals surface area contributed by atoms with Crippen LogP contribution in [0.25, 0.3) is 0 Å². The molecule has 5 heteroatoms. The topological polar surface area (TPSA) is 56.8 Å². The highest BCUT2D eigenvalue weighted by atomic mass is 16.5. The number of hydrogen-bond donors (Lipinski definition) is 1. The molecule has 1 saturated heterocycles. The van der Waals surface area contributed by atoms with Gasteiger partial charge in [-0.2, -0.15) is 0 Å². The Kier molecular flexibility index (Phi) is 5.03. The minimum atomic E-state index is -0.226. The molecule has 1 heterocycles. The van der Waals surface area contributed by atoms with Gasteiger partial charge in [0.15, 0.2) is 17.3 Å². The molecule has 0 spiro atoms. The first kappa shape index (κ1) is 17.9. The highest BCUT2D eigenvalue weighted by molar-refractivity contribution is 5.87. The highest BCUT2D eigenvalue weighted by Gasteiger charge is 2.44. The van der Waals surface area contributed by atoms with Crippen molar-refractivity contribution in [2.24, 2.45) is 5.92 Å². The number of Topliss-reactive ketones (excluding diaryl/α,β-unsaturated/α-hetero) is 1. The number of benzene rings is 2. The van der Waals surface area contributed by atoms with Crippen molar-refractivity contribution in [3.8, 4) is 17.2 Å². The maximum Gasteiger partial charge on any atom is 0.187 e. The first-order valence-corrected chi connectivity index (χ1v) is 9.40. The van der Waals surface area contributed by atoms with Crippen LogP contribution in [0.4, 0.5) is 0 Å². The molecule has 0 saturated carbocycles. The Labute approximate surface area is 159 Å². The van der Waals surface area contributed by atoms with Gasteiger partial charge in [-0.05, 0) is 60.7 Å². The van der Waals surface area contributed by atoms with E-state index in [1.807, 2.05) is 30.3 Å². The van der Waals surface area contributed by atoms with Crippen molar-refractivity contribution in [3.63, 3.8) is 0 Å². The fraction of sp³-hybridized carbons (Fsp3) is 0.409. The quantitative estimate of drug-likeness (QED) is 0.851. The van der Waals surface area contributed by atoms with E-state index in [1.165, 1.54) is 11.1 Å². The minimum absolute atomic E-state index is 0.0769. The van der Waals surface area contributed by atoms with Gasteiger partial charge in [0.2, 0.25) is 0 Å². The number of fused-ring (bicyclic) bond motifs is 3. The number of methoxy groups -OCH3 is 2. The van der Waals surface area contributed by atoms with Gasteiger partial charge >= 0.3 is 0 Å². The van der Waals surface area contributed by atoms with E-state index >= 15 is 0 Å². The fourth-order valence-electron chi connectivity index (χ4n) is 4.40. The Hall–Kier alpha value is -2.53. The second-order valence-corrected chi connectivity index (χ2v) is 7.18. The number of nitrogens with one attached hydrogen (secondary N) is 1. The van der Waals surface area contributed by atoms with Gasteiger partial charge in [0.25, 0.3) is 0 Å². The average Bonchev–Trinajstić information content (AvgIpc) is 3.16. The van der Waals surface area contributed by atoms with Crippen molar-refractivity contribution in [1.82, 2.24) is 5.32 Å². The SMILES string of the molecule is COc1cc2c(cc1OC)C1C(CC2)CNC1C(=O)COc1ccccc1. The second kappa shape index (κ2) is 7.61. The van der Waals surface area contributed by atoms with Gasteiger partial charge in [0, 0.05) is 5.92 Å². The number of para-hydroxylation sites is 1. The number of hydrogen-bond acceptors (Lipinski definition) is 5. The lowest BCUT2D eigenvalue weighted by Gasteiger charge is -2.31. The lowest BCUT2D eigenvalue weighted by atomic mass is 9.73. The third kappa shape index (κ3) is 3.39. The van der Waals surface area contributed by atoms with Crippen molar-refractivity contribution in [3.05, 3.63) is 53.6 Å². The van der Waals surface area contributed by atoms with Gasteiger partial charge in [-0.3, -0.25) is 4.79 Å². The largest absolute Gasteiger partial charge is 0.493 e. The van der Waals surface area contributed by atoms with Crippen molar-refractivity contribution < 1.29 is 19.0 Å². The smallest absolute Gasteiger partial charge is 0.187 e. The summed E-state index contributed by atoms with van der Waals surface area (Å²) < 4.78 is 16.6. The van der Waals surface area contributed by atoms with E-state index in [0.29, 0.717) is 5.92 Å². The number of ketones is 1. The van der Waals surface area contributed by atoms with Crippen LogP contribution in [0.15, 0.2) is 42.5 Å². The average molecular weight is 367 g/mol. The summed E-state index contributed by atoms with van der Waals surface area (Å²) in [6.07, 6.45) is 2.07. The van der Waals surface area contributed by atoms with Crippen LogP contribution in [-0.4, -0.2) is 39.2 Å². The summed E-state index contributed by atoms with van der Waals surface area (Å²) in [4.78, 5) is 12.9. The molecular weight excluding hydrogens is 342 g/mol. The van der Waals surface area contributed by atoms with Crippen LogP contribution in [0.1, 0.15) is 23.5 Å². The van der Waals surface area contributed by atoms with Crippen molar-refractivity contribution in [2.75, 3.05) is 27.4 Å². The van der Waals surface area contributed by atoms with Crippen molar-refractivity contribution in [1.29, 1.82) is 0 Å². The predicted molar refractivity (Wildman–Crippen MR) is 103 cm³/mol. The van der Waals surface area contributed by atoms with Crippen molar-refractivity contribution >= 4 is 5.78 Å². The van der Waals surface area contributed by atoms with Crippen LogP contribution in [0, 0.1) is 5.92 Å². The maximum absolute atomic E-state index is 12.9. The van der Waals surface area contributed by atoms with Crippen LogP contribution in [0.3, 0.4) is 0 Å². The Balaban J connectivity index is 1.57. The predicted octanol–water partition coefficient (Wildman–Crippen LogP) is 2.97. The molecular formula is C22H25NO4. The molecule has 0 amide bonds. The molecule has 3 atom stereocenters. The van der Waals surface area contributed by atoms with Gasteiger partial charge < -0.3 is 19.5 Å². The zero-order valence-electron chi connectivity index (χ0n) is 15.7. The number of carbonyl (C=O) groups is 1. The van der Waals surface area contributed by atoms with E-state index in [0.717, 1.165) is 36.6 Å². The van der Waals surface area contributed by atoms with Gasteiger partial charge in [-0.15, -0.1) is 0 Å². The number of ether oxygens (including phenoxy) is 3. The van der Waals surface area contributed by atoms with Crippen LogP contribution in [0.5, 0.6) is 17.2 Å².